The SMILES string of the molecule is CN(CC(F)F)C(=O)C1(CN)CCC1. The van der Waals surface area contributed by atoms with Gasteiger partial charge in [0.2, 0.25) is 5.91 Å². The van der Waals surface area contributed by atoms with E-state index in [9.17, 15) is 13.6 Å². The number of hydrogen-bond donors (Lipinski definition) is 1. The van der Waals surface area contributed by atoms with Crippen molar-refractivity contribution in [2.45, 2.75) is 25.7 Å². The Bertz CT molecular complexity index is 211. The molecule has 0 aromatic heterocycles. The van der Waals surface area contributed by atoms with Crippen molar-refractivity contribution in [3.8, 4) is 0 Å². The Labute approximate surface area is 82.2 Å². The molecule has 14 heavy (non-hydrogen) atoms. The minimum Gasteiger partial charge on any atom is -0.340 e. The highest BCUT2D eigenvalue weighted by Crippen LogP contribution is 2.41. The second-order valence-electron chi connectivity index (χ2n) is 3.91. The molecule has 1 aliphatic rings. The smallest absolute Gasteiger partial charge is 0.255 e. The van der Waals surface area contributed by atoms with E-state index < -0.39 is 18.4 Å². The van der Waals surface area contributed by atoms with Gasteiger partial charge >= 0.3 is 0 Å². The molecule has 1 saturated carbocycles. The summed E-state index contributed by atoms with van der Waals surface area (Å²) in [6.45, 7) is -0.236. The summed E-state index contributed by atoms with van der Waals surface area (Å²) in [5.74, 6) is -0.230. The third-order valence-electron chi connectivity index (χ3n) is 2.91. The van der Waals surface area contributed by atoms with Gasteiger partial charge in [-0.05, 0) is 12.8 Å². The average Bonchev–Trinajstić information content (AvgIpc) is 2.01. The van der Waals surface area contributed by atoms with Gasteiger partial charge in [0, 0.05) is 13.6 Å². The van der Waals surface area contributed by atoms with E-state index >= 15 is 0 Å². The standard InChI is InChI=1S/C9H16F2N2O/c1-13(5-7(10)11)8(14)9(6-12)3-2-4-9/h7H,2-6,12H2,1H3. The van der Waals surface area contributed by atoms with Crippen LogP contribution in [-0.4, -0.2) is 37.4 Å². The second-order valence-corrected chi connectivity index (χ2v) is 3.91. The largest absolute Gasteiger partial charge is 0.340 e. The lowest BCUT2D eigenvalue weighted by Gasteiger charge is -2.41. The topological polar surface area (TPSA) is 46.3 Å². The maximum Gasteiger partial charge on any atom is 0.255 e. The molecule has 0 atom stereocenters. The van der Waals surface area contributed by atoms with Gasteiger partial charge in [-0.2, -0.15) is 0 Å². The van der Waals surface area contributed by atoms with Crippen molar-refractivity contribution >= 4 is 5.91 Å². The molecule has 0 bridgehead atoms. The molecule has 0 spiro atoms. The number of amides is 1. The first kappa shape index (κ1) is 11.4. The van der Waals surface area contributed by atoms with Crippen LogP contribution in [0, 0.1) is 5.41 Å². The number of alkyl halides is 2. The van der Waals surface area contributed by atoms with E-state index in [0.29, 0.717) is 0 Å². The molecule has 0 heterocycles. The first-order chi connectivity index (χ1) is 6.52. The van der Waals surface area contributed by atoms with Crippen LogP contribution in [0.1, 0.15) is 19.3 Å². The van der Waals surface area contributed by atoms with Gasteiger partial charge in [-0.15, -0.1) is 0 Å². The van der Waals surface area contributed by atoms with E-state index in [1.807, 2.05) is 0 Å². The fourth-order valence-electron chi connectivity index (χ4n) is 1.80. The molecule has 3 nitrogen and oxygen atoms in total. The van der Waals surface area contributed by atoms with Crippen molar-refractivity contribution in [2.24, 2.45) is 11.1 Å². The van der Waals surface area contributed by atoms with Crippen LogP contribution >= 0.6 is 0 Å². The summed E-state index contributed by atoms with van der Waals surface area (Å²) in [6, 6.07) is 0. The van der Waals surface area contributed by atoms with E-state index in [-0.39, 0.29) is 12.5 Å². The monoisotopic (exact) mass is 206 g/mol. The number of nitrogens with zero attached hydrogens (tertiary/aromatic N) is 1. The Morgan fingerprint density at radius 3 is 2.43 bits per heavy atom. The molecule has 0 unspecified atom stereocenters. The number of nitrogens with two attached hydrogens (primary N) is 1. The van der Waals surface area contributed by atoms with Crippen molar-refractivity contribution in [3.05, 3.63) is 0 Å². The molecule has 82 valence electrons. The maximum atomic E-state index is 12.0. The fourth-order valence-corrected chi connectivity index (χ4v) is 1.80. The summed E-state index contributed by atoms with van der Waals surface area (Å²) in [7, 11) is 1.41. The Morgan fingerprint density at radius 1 is 1.57 bits per heavy atom. The van der Waals surface area contributed by atoms with Crippen LogP contribution in [0.15, 0.2) is 0 Å². The number of halogens is 2. The predicted molar refractivity (Wildman–Crippen MR) is 49.0 cm³/mol. The lowest BCUT2D eigenvalue weighted by molar-refractivity contribution is -0.147. The van der Waals surface area contributed by atoms with Gasteiger partial charge in [-0.1, -0.05) is 6.42 Å². The van der Waals surface area contributed by atoms with Gasteiger partial charge in [0.05, 0.1) is 12.0 Å². The Balaban J connectivity index is 2.54. The zero-order valence-electron chi connectivity index (χ0n) is 8.30. The van der Waals surface area contributed by atoms with Crippen molar-refractivity contribution in [2.75, 3.05) is 20.1 Å². The van der Waals surface area contributed by atoms with Crippen LogP contribution in [-0.2, 0) is 4.79 Å². The number of carbonyl (C=O) groups excluding carboxylic acids is 1. The highest BCUT2D eigenvalue weighted by atomic mass is 19.3. The van der Waals surface area contributed by atoms with Gasteiger partial charge in [0.25, 0.3) is 6.43 Å². The van der Waals surface area contributed by atoms with Gasteiger partial charge in [-0.25, -0.2) is 8.78 Å². The molecule has 1 amide bonds. The highest BCUT2D eigenvalue weighted by molar-refractivity contribution is 5.83. The zero-order valence-corrected chi connectivity index (χ0v) is 8.30. The van der Waals surface area contributed by atoms with Gasteiger partial charge < -0.3 is 10.6 Å². The molecule has 0 radical (unpaired) electrons. The molecule has 0 aromatic rings. The van der Waals surface area contributed by atoms with Crippen molar-refractivity contribution in [1.82, 2.24) is 4.90 Å². The molecule has 1 rings (SSSR count). The van der Waals surface area contributed by atoms with Crippen LogP contribution in [0.25, 0.3) is 0 Å². The molecule has 2 N–H and O–H groups in total. The molecular formula is C9H16F2N2O. The summed E-state index contributed by atoms with van der Waals surface area (Å²) < 4.78 is 24.1. The summed E-state index contributed by atoms with van der Waals surface area (Å²) in [5.41, 5.74) is 4.97. The van der Waals surface area contributed by atoms with Gasteiger partial charge in [-0.3, -0.25) is 4.79 Å². The third kappa shape index (κ3) is 2.03. The van der Waals surface area contributed by atoms with Crippen LogP contribution < -0.4 is 5.73 Å². The Morgan fingerprint density at radius 2 is 2.14 bits per heavy atom. The zero-order chi connectivity index (χ0) is 10.8. The van der Waals surface area contributed by atoms with Crippen LogP contribution in [0.3, 0.4) is 0 Å². The van der Waals surface area contributed by atoms with Gasteiger partial charge in [0.15, 0.2) is 0 Å². The Kier molecular flexibility index (Phi) is 3.42. The molecule has 0 aliphatic heterocycles. The molecule has 0 saturated heterocycles. The number of rotatable bonds is 4. The van der Waals surface area contributed by atoms with E-state index in [1.165, 1.54) is 7.05 Å². The molecule has 1 aliphatic carbocycles. The highest BCUT2D eigenvalue weighted by Gasteiger charge is 2.44. The van der Waals surface area contributed by atoms with Crippen molar-refractivity contribution in [1.29, 1.82) is 0 Å². The maximum absolute atomic E-state index is 12.0. The first-order valence-corrected chi connectivity index (χ1v) is 4.75. The van der Waals surface area contributed by atoms with Crippen LogP contribution in [0.2, 0.25) is 0 Å². The summed E-state index contributed by atoms with van der Waals surface area (Å²) in [5, 5.41) is 0. The lowest BCUT2D eigenvalue weighted by Crippen LogP contribution is -2.51. The normalized spacial score (nSPS) is 19.2. The molecule has 0 aromatic carbocycles. The third-order valence-corrected chi connectivity index (χ3v) is 2.91. The number of carbonyl (C=O) groups is 1. The van der Waals surface area contributed by atoms with E-state index in [4.69, 9.17) is 5.73 Å². The lowest BCUT2D eigenvalue weighted by atomic mass is 9.68. The first-order valence-electron chi connectivity index (χ1n) is 4.75. The van der Waals surface area contributed by atoms with Crippen molar-refractivity contribution in [3.63, 3.8) is 0 Å². The minimum absolute atomic E-state index is 0.230. The average molecular weight is 206 g/mol. The van der Waals surface area contributed by atoms with E-state index in [0.717, 1.165) is 24.2 Å². The molecule has 1 fully saturated rings. The second kappa shape index (κ2) is 4.21. The summed E-state index contributed by atoms with van der Waals surface area (Å²) >= 11 is 0. The molecule has 5 heteroatoms. The fraction of sp³-hybridized carbons (Fsp3) is 0.889. The van der Waals surface area contributed by atoms with Gasteiger partial charge in [0.1, 0.15) is 0 Å². The number of hydrogen-bond acceptors (Lipinski definition) is 2. The summed E-state index contributed by atoms with van der Waals surface area (Å²) in [4.78, 5) is 12.8. The van der Waals surface area contributed by atoms with Crippen molar-refractivity contribution < 1.29 is 13.6 Å². The van der Waals surface area contributed by atoms with Crippen LogP contribution in [0.5, 0.6) is 0 Å². The summed E-state index contributed by atoms with van der Waals surface area (Å²) in [6.07, 6.45) is -0.0454. The van der Waals surface area contributed by atoms with E-state index in [1.54, 1.807) is 0 Å². The van der Waals surface area contributed by atoms with Crippen LogP contribution in [0.4, 0.5) is 8.78 Å². The molecular weight excluding hydrogens is 190 g/mol. The van der Waals surface area contributed by atoms with E-state index in [2.05, 4.69) is 0 Å². The quantitative estimate of drug-likeness (QED) is 0.740. The Hall–Kier alpha value is -0.710. The minimum atomic E-state index is -2.47. The predicted octanol–water partition coefficient (Wildman–Crippen LogP) is 0.839.